The number of alkyl halides is 6. The van der Waals surface area contributed by atoms with E-state index in [1.165, 1.54) is 57.9 Å². The Labute approximate surface area is 385 Å². The Balaban J connectivity index is 0.000000170. The van der Waals surface area contributed by atoms with Crippen LogP contribution in [0.15, 0.2) is 170 Å². The SMILES string of the molecule is CS(=O)(=O)Nc1ccc(-n2nc(C(F)(F)F)cc2-c2ccc3c(ccc4ccccc43)c2)cc1.CS(=O)(=O)Nc1ccc(-n2nc(C(F)(F)F)cc2-c2cccc3c2ccc2ccccc23)cc1. The summed E-state index contributed by atoms with van der Waals surface area (Å²) in [7, 11) is -6.96. The Morgan fingerprint density at radius 1 is 0.426 bits per heavy atom. The number of rotatable bonds is 8. The van der Waals surface area contributed by atoms with Crippen LogP contribution in [0.5, 0.6) is 0 Å². The summed E-state index contributed by atoms with van der Waals surface area (Å²) < 4.78 is 134. The summed E-state index contributed by atoms with van der Waals surface area (Å²) in [4.78, 5) is 0. The molecular formula is C50H36F6N6O4S2. The Kier molecular flexibility index (Phi) is 11.5. The van der Waals surface area contributed by atoms with E-state index in [1.807, 2.05) is 97.1 Å². The normalized spacial score (nSPS) is 12.4. The van der Waals surface area contributed by atoms with Gasteiger partial charge in [0.05, 0.1) is 35.3 Å². The number of benzene rings is 8. The summed E-state index contributed by atoms with van der Waals surface area (Å²) in [5.41, 5.74) is 1.02. The van der Waals surface area contributed by atoms with Crippen LogP contribution in [0.1, 0.15) is 11.4 Å². The largest absolute Gasteiger partial charge is 0.435 e. The van der Waals surface area contributed by atoms with E-state index in [1.54, 1.807) is 12.1 Å². The number of nitrogens with zero attached hydrogens (tertiary/aromatic N) is 4. The van der Waals surface area contributed by atoms with Crippen molar-refractivity contribution in [2.45, 2.75) is 12.4 Å². The highest BCUT2D eigenvalue weighted by Crippen LogP contribution is 2.39. The van der Waals surface area contributed by atoms with Crippen molar-refractivity contribution >= 4 is 74.5 Å². The smallest absolute Gasteiger partial charge is 0.284 e. The second-order valence-electron chi connectivity index (χ2n) is 15.9. The molecular weight excluding hydrogens is 927 g/mol. The summed E-state index contributed by atoms with van der Waals surface area (Å²) >= 11 is 0. The molecule has 2 N–H and O–H groups in total. The maximum absolute atomic E-state index is 13.6. The Bertz CT molecular complexity index is 3780. The maximum Gasteiger partial charge on any atom is 0.435 e. The quantitative estimate of drug-likeness (QED) is 0.115. The molecule has 0 fully saturated rings. The van der Waals surface area contributed by atoms with Crippen molar-refractivity contribution < 1.29 is 43.2 Å². The lowest BCUT2D eigenvalue weighted by Crippen LogP contribution is -2.10. The van der Waals surface area contributed by atoms with Gasteiger partial charge in [0.15, 0.2) is 11.4 Å². The van der Waals surface area contributed by atoms with Crippen LogP contribution in [0.3, 0.4) is 0 Å². The minimum absolute atomic E-state index is 0.270. The molecule has 0 aliphatic rings. The lowest BCUT2D eigenvalue weighted by Gasteiger charge is -2.12. The maximum atomic E-state index is 13.6. The molecule has 0 amide bonds. The molecule has 18 heteroatoms. The van der Waals surface area contributed by atoms with Crippen LogP contribution in [-0.4, -0.2) is 48.9 Å². The first-order valence-corrected chi connectivity index (χ1v) is 24.3. The van der Waals surface area contributed by atoms with E-state index in [0.717, 1.165) is 67.7 Å². The molecule has 0 bridgehead atoms. The highest BCUT2D eigenvalue weighted by Gasteiger charge is 2.36. The Hall–Kier alpha value is -7.70. The molecule has 68 heavy (non-hydrogen) atoms. The van der Waals surface area contributed by atoms with Gasteiger partial charge in [-0.05, 0) is 110 Å². The van der Waals surface area contributed by atoms with Crippen molar-refractivity contribution in [3.8, 4) is 33.9 Å². The second kappa shape index (κ2) is 17.2. The van der Waals surface area contributed by atoms with E-state index in [4.69, 9.17) is 0 Å². The first kappa shape index (κ1) is 45.5. The Morgan fingerprint density at radius 2 is 0.853 bits per heavy atom. The van der Waals surface area contributed by atoms with E-state index in [9.17, 15) is 43.2 Å². The lowest BCUT2D eigenvalue weighted by atomic mass is 9.97. The third-order valence-electron chi connectivity index (χ3n) is 10.9. The van der Waals surface area contributed by atoms with Gasteiger partial charge in [-0.3, -0.25) is 9.44 Å². The van der Waals surface area contributed by atoms with Gasteiger partial charge in [0, 0.05) is 22.5 Å². The minimum atomic E-state index is -4.63. The molecule has 10 nitrogen and oxygen atoms in total. The average Bonchev–Trinajstić information content (AvgIpc) is 3.96. The summed E-state index contributed by atoms with van der Waals surface area (Å²) in [6.45, 7) is 0. The minimum Gasteiger partial charge on any atom is -0.284 e. The summed E-state index contributed by atoms with van der Waals surface area (Å²) in [6, 6.07) is 48.6. The molecule has 0 saturated heterocycles. The van der Waals surface area contributed by atoms with Crippen molar-refractivity contribution in [2.24, 2.45) is 0 Å². The van der Waals surface area contributed by atoms with E-state index in [-0.39, 0.29) is 11.4 Å². The zero-order chi connectivity index (χ0) is 48.2. The molecule has 0 unspecified atom stereocenters. The third kappa shape index (κ3) is 9.59. The fourth-order valence-corrected chi connectivity index (χ4v) is 9.16. The fourth-order valence-electron chi connectivity index (χ4n) is 8.04. The van der Waals surface area contributed by atoms with Crippen LogP contribution >= 0.6 is 0 Å². The van der Waals surface area contributed by atoms with Gasteiger partial charge >= 0.3 is 12.4 Å². The first-order valence-electron chi connectivity index (χ1n) is 20.5. The monoisotopic (exact) mass is 962 g/mol. The van der Waals surface area contributed by atoms with Gasteiger partial charge in [0.1, 0.15) is 0 Å². The summed E-state index contributed by atoms with van der Waals surface area (Å²) in [5, 5.41) is 15.5. The van der Waals surface area contributed by atoms with Crippen molar-refractivity contribution in [3.63, 3.8) is 0 Å². The molecule has 0 spiro atoms. The molecule has 0 saturated carbocycles. The van der Waals surface area contributed by atoms with Crippen molar-refractivity contribution in [1.29, 1.82) is 0 Å². The van der Waals surface area contributed by atoms with Crippen LogP contribution in [0.25, 0.3) is 77.0 Å². The molecule has 2 heterocycles. The molecule has 0 atom stereocenters. The van der Waals surface area contributed by atoms with Crippen molar-refractivity contribution in [3.05, 3.63) is 181 Å². The van der Waals surface area contributed by atoms with Crippen LogP contribution in [0.4, 0.5) is 37.7 Å². The number of halogens is 6. The predicted octanol–water partition coefficient (Wildman–Crippen LogP) is 12.5. The summed E-state index contributed by atoms with van der Waals surface area (Å²) in [5.74, 6) is 0. The molecule has 344 valence electrons. The van der Waals surface area contributed by atoms with Crippen LogP contribution in [-0.2, 0) is 32.4 Å². The number of hydrogen-bond acceptors (Lipinski definition) is 6. The van der Waals surface area contributed by atoms with Crippen LogP contribution < -0.4 is 9.44 Å². The molecule has 2 aromatic heterocycles. The molecule has 0 aliphatic heterocycles. The van der Waals surface area contributed by atoms with Gasteiger partial charge in [0.25, 0.3) is 0 Å². The standard InChI is InChI=1S/2C25H18F3N3O2S/c1-34(32,33)30-17-10-12-18(13-11-17)31-23(15-24(29-31)25(26,27)28)22-8-4-7-20-19-6-3-2-5-16(19)9-14-21(20)22;1-34(32,33)30-19-9-11-20(12-10-19)31-23(15-24(29-31)25(26,27)28)18-8-13-22-17(14-18)7-6-16-4-2-3-5-21(16)22/h2*2-15,30H,1H3. The number of fused-ring (bicyclic) bond motifs is 6. The topological polar surface area (TPSA) is 128 Å². The van der Waals surface area contributed by atoms with E-state index in [0.29, 0.717) is 33.9 Å². The molecule has 0 aliphatic carbocycles. The van der Waals surface area contributed by atoms with Crippen LogP contribution in [0, 0.1) is 0 Å². The van der Waals surface area contributed by atoms with E-state index < -0.39 is 43.8 Å². The van der Waals surface area contributed by atoms with Crippen molar-refractivity contribution in [2.75, 3.05) is 22.0 Å². The van der Waals surface area contributed by atoms with Crippen molar-refractivity contribution in [1.82, 2.24) is 19.6 Å². The molecule has 10 rings (SSSR count). The van der Waals surface area contributed by atoms with Gasteiger partial charge in [-0.1, -0.05) is 103 Å². The van der Waals surface area contributed by atoms with E-state index in [2.05, 4.69) is 19.6 Å². The zero-order valence-electron chi connectivity index (χ0n) is 35.7. The van der Waals surface area contributed by atoms with Gasteiger partial charge in [0.2, 0.25) is 20.0 Å². The number of aromatic nitrogens is 4. The van der Waals surface area contributed by atoms with Gasteiger partial charge in [-0.2, -0.15) is 36.5 Å². The summed E-state index contributed by atoms with van der Waals surface area (Å²) in [6.07, 6.45) is -7.21. The fraction of sp³-hybridized carbons (Fsp3) is 0.0800. The highest BCUT2D eigenvalue weighted by atomic mass is 32.2. The van der Waals surface area contributed by atoms with E-state index >= 15 is 0 Å². The molecule has 0 radical (unpaired) electrons. The number of nitrogens with one attached hydrogen (secondary N) is 2. The van der Waals surface area contributed by atoms with Crippen LogP contribution in [0.2, 0.25) is 0 Å². The second-order valence-corrected chi connectivity index (χ2v) is 19.4. The van der Waals surface area contributed by atoms with Gasteiger partial charge < -0.3 is 0 Å². The predicted molar refractivity (Wildman–Crippen MR) is 255 cm³/mol. The average molecular weight is 963 g/mol. The lowest BCUT2D eigenvalue weighted by molar-refractivity contribution is -0.142. The number of sulfonamides is 2. The number of anilines is 2. The zero-order valence-corrected chi connectivity index (χ0v) is 37.3. The number of hydrogen-bond donors (Lipinski definition) is 2. The van der Waals surface area contributed by atoms with Gasteiger partial charge in [-0.15, -0.1) is 0 Å². The first-order chi connectivity index (χ1) is 32.2. The third-order valence-corrected chi connectivity index (χ3v) is 12.1. The Morgan fingerprint density at radius 3 is 1.38 bits per heavy atom. The molecule has 8 aromatic carbocycles. The van der Waals surface area contributed by atoms with Gasteiger partial charge in [-0.25, -0.2) is 26.2 Å². The molecule has 10 aromatic rings. The highest BCUT2D eigenvalue weighted by molar-refractivity contribution is 7.92.